The number of likely N-dealkylation sites (tertiary alicyclic amines) is 1. The van der Waals surface area contributed by atoms with Gasteiger partial charge < -0.3 is 11.1 Å². The first-order valence-corrected chi connectivity index (χ1v) is 8.53. The lowest BCUT2D eigenvalue weighted by molar-refractivity contribution is -0.127. The minimum Gasteiger partial charge on any atom is -0.355 e. The lowest BCUT2D eigenvalue weighted by Gasteiger charge is -2.38. The van der Waals surface area contributed by atoms with Crippen molar-refractivity contribution in [1.82, 2.24) is 10.2 Å². The molecule has 0 aromatic rings. The maximum Gasteiger partial charge on any atom is 0.224 e. The molecule has 4 nitrogen and oxygen atoms in total. The van der Waals surface area contributed by atoms with Crippen LogP contribution in [0.4, 0.5) is 0 Å². The van der Waals surface area contributed by atoms with Crippen LogP contribution in [0.25, 0.3) is 0 Å². The molecule has 1 heterocycles. The topological polar surface area (TPSA) is 58.4 Å². The van der Waals surface area contributed by atoms with E-state index in [1.807, 2.05) is 0 Å². The molecule has 0 spiro atoms. The molecule has 1 saturated heterocycles. The largest absolute Gasteiger partial charge is 0.355 e. The second kappa shape index (κ2) is 8.63. The van der Waals surface area contributed by atoms with Gasteiger partial charge in [0, 0.05) is 25.7 Å². The number of nitrogens with two attached hydrogens (primary N) is 1. The highest BCUT2D eigenvalue weighted by Gasteiger charge is 2.29. The molecule has 0 aromatic carbocycles. The Hall–Kier alpha value is -0.610. The zero-order chi connectivity index (χ0) is 14.2. The van der Waals surface area contributed by atoms with E-state index < -0.39 is 0 Å². The van der Waals surface area contributed by atoms with Crippen molar-refractivity contribution in [3.63, 3.8) is 0 Å². The summed E-state index contributed by atoms with van der Waals surface area (Å²) in [6.07, 6.45) is 11.8. The Bertz CT molecular complexity index is 287. The number of piperidine rings is 1. The molecular formula is C16H31N3O. The van der Waals surface area contributed by atoms with Gasteiger partial charge in [0.25, 0.3) is 0 Å². The lowest BCUT2D eigenvalue weighted by atomic mass is 9.91. The van der Waals surface area contributed by atoms with Gasteiger partial charge in [-0.15, -0.1) is 0 Å². The number of nitrogens with zero attached hydrogens (tertiary/aromatic N) is 1. The molecule has 1 saturated carbocycles. The molecule has 2 rings (SSSR count). The van der Waals surface area contributed by atoms with Crippen LogP contribution < -0.4 is 11.1 Å². The standard InChI is InChI=1S/C16H31N3O/c17-10-11-18-16(20)14-7-6-12-19(13-14)15-8-4-2-1-3-5-9-15/h14-15H,1-13,17H2,(H,18,20). The smallest absolute Gasteiger partial charge is 0.224 e. The van der Waals surface area contributed by atoms with Crippen LogP contribution in [0.15, 0.2) is 0 Å². The monoisotopic (exact) mass is 281 g/mol. The summed E-state index contributed by atoms with van der Waals surface area (Å²) in [4.78, 5) is 14.7. The Labute approximate surface area is 123 Å². The summed E-state index contributed by atoms with van der Waals surface area (Å²) < 4.78 is 0. The summed E-state index contributed by atoms with van der Waals surface area (Å²) in [5.74, 6) is 0.395. The average Bonchev–Trinajstić information content (AvgIpc) is 2.44. The molecule has 1 aliphatic carbocycles. The van der Waals surface area contributed by atoms with Gasteiger partial charge in [0.2, 0.25) is 5.91 Å². The molecule has 3 N–H and O–H groups in total. The molecule has 4 heteroatoms. The number of carbonyl (C=O) groups is 1. The number of nitrogens with one attached hydrogen (secondary N) is 1. The second-order valence-corrected chi connectivity index (χ2v) is 6.41. The third kappa shape index (κ3) is 4.74. The minimum absolute atomic E-state index is 0.181. The predicted octanol–water partition coefficient (Wildman–Crippen LogP) is 1.89. The molecule has 0 bridgehead atoms. The van der Waals surface area contributed by atoms with Gasteiger partial charge in [-0.1, -0.05) is 32.1 Å². The molecule has 2 fully saturated rings. The third-order valence-corrected chi connectivity index (χ3v) is 4.86. The van der Waals surface area contributed by atoms with Crippen LogP contribution in [0.1, 0.15) is 57.8 Å². The van der Waals surface area contributed by atoms with Gasteiger partial charge in [0.05, 0.1) is 5.92 Å². The SMILES string of the molecule is NCCNC(=O)C1CCCN(C2CCCCCCC2)C1. The fourth-order valence-corrected chi connectivity index (χ4v) is 3.69. The van der Waals surface area contributed by atoms with Crippen LogP contribution >= 0.6 is 0 Å². The summed E-state index contributed by atoms with van der Waals surface area (Å²) in [5.41, 5.74) is 5.46. The van der Waals surface area contributed by atoms with Gasteiger partial charge in [0.15, 0.2) is 0 Å². The van der Waals surface area contributed by atoms with E-state index >= 15 is 0 Å². The first kappa shape index (κ1) is 15.8. The Morgan fingerprint density at radius 2 is 1.75 bits per heavy atom. The van der Waals surface area contributed by atoms with Crippen LogP contribution in [0.2, 0.25) is 0 Å². The number of amides is 1. The summed E-state index contributed by atoms with van der Waals surface area (Å²) in [6, 6.07) is 0.723. The van der Waals surface area contributed by atoms with Crippen molar-refractivity contribution < 1.29 is 4.79 Å². The molecule has 116 valence electrons. The van der Waals surface area contributed by atoms with E-state index in [0.29, 0.717) is 13.1 Å². The van der Waals surface area contributed by atoms with Crippen molar-refractivity contribution in [2.45, 2.75) is 63.8 Å². The Balaban J connectivity index is 1.83. The van der Waals surface area contributed by atoms with Crippen LogP contribution in [-0.4, -0.2) is 43.0 Å². The zero-order valence-electron chi connectivity index (χ0n) is 12.8. The quantitative estimate of drug-likeness (QED) is 0.827. The van der Waals surface area contributed by atoms with E-state index in [1.54, 1.807) is 0 Å². The zero-order valence-corrected chi connectivity index (χ0v) is 12.8. The van der Waals surface area contributed by atoms with Gasteiger partial charge in [-0.05, 0) is 32.2 Å². The van der Waals surface area contributed by atoms with Crippen molar-refractivity contribution in [1.29, 1.82) is 0 Å². The number of hydrogen-bond donors (Lipinski definition) is 2. The first-order chi connectivity index (χ1) is 9.81. The Morgan fingerprint density at radius 1 is 1.05 bits per heavy atom. The molecule has 2 aliphatic rings. The fraction of sp³-hybridized carbons (Fsp3) is 0.938. The number of carbonyl (C=O) groups excluding carboxylic acids is 1. The molecule has 1 amide bonds. The maximum absolute atomic E-state index is 12.1. The van der Waals surface area contributed by atoms with E-state index in [2.05, 4.69) is 10.2 Å². The van der Waals surface area contributed by atoms with Crippen LogP contribution in [0, 0.1) is 5.92 Å². The third-order valence-electron chi connectivity index (χ3n) is 4.86. The number of rotatable bonds is 4. The summed E-state index contributed by atoms with van der Waals surface area (Å²) in [5, 5.41) is 2.96. The normalized spacial score (nSPS) is 26.8. The van der Waals surface area contributed by atoms with Crippen molar-refractivity contribution in [3.8, 4) is 0 Å². The minimum atomic E-state index is 0.181. The molecule has 1 atom stereocenters. The summed E-state index contributed by atoms with van der Waals surface area (Å²) in [7, 11) is 0. The fourth-order valence-electron chi connectivity index (χ4n) is 3.69. The van der Waals surface area contributed by atoms with Crippen molar-refractivity contribution in [2.24, 2.45) is 11.7 Å². The molecule has 1 aliphatic heterocycles. The van der Waals surface area contributed by atoms with Crippen LogP contribution in [0.5, 0.6) is 0 Å². The van der Waals surface area contributed by atoms with Crippen molar-refractivity contribution in [3.05, 3.63) is 0 Å². The maximum atomic E-state index is 12.1. The summed E-state index contributed by atoms with van der Waals surface area (Å²) in [6.45, 7) is 3.29. The van der Waals surface area contributed by atoms with Gasteiger partial charge in [0.1, 0.15) is 0 Å². The second-order valence-electron chi connectivity index (χ2n) is 6.41. The summed E-state index contributed by atoms with van der Waals surface area (Å²) >= 11 is 0. The highest BCUT2D eigenvalue weighted by atomic mass is 16.1. The molecule has 1 unspecified atom stereocenters. The van der Waals surface area contributed by atoms with Gasteiger partial charge >= 0.3 is 0 Å². The molecular weight excluding hydrogens is 250 g/mol. The first-order valence-electron chi connectivity index (χ1n) is 8.53. The highest BCUT2D eigenvalue weighted by molar-refractivity contribution is 5.78. The molecule has 20 heavy (non-hydrogen) atoms. The van der Waals surface area contributed by atoms with E-state index in [4.69, 9.17) is 5.73 Å². The Morgan fingerprint density at radius 3 is 2.45 bits per heavy atom. The van der Waals surface area contributed by atoms with E-state index in [0.717, 1.165) is 25.4 Å². The van der Waals surface area contributed by atoms with Crippen molar-refractivity contribution in [2.75, 3.05) is 26.2 Å². The van der Waals surface area contributed by atoms with Gasteiger partial charge in [-0.2, -0.15) is 0 Å². The average molecular weight is 281 g/mol. The van der Waals surface area contributed by atoms with E-state index in [1.165, 1.54) is 51.5 Å². The lowest BCUT2D eigenvalue weighted by Crippen LogP contribution is -2.47. The highest BCUT2D eigenvalue weighted by Crippen LogP contribution is 2.26. The molecule has 0 aromatic heterocycles. The van der Waals surface area contributed by atoms with Gasteiger partial charge in [-0.25, -0.2) is 0 Å². The Kier molecular flexibility index (Phi) is 6.80. The van der Waals surface area contributed by atoms with Crippen LogP contribution in [0.3, 0.4) is 0 Å². The van der Waals surface area contributed by atoms with E-state index in [9.17, 15) is 4.79 Å². The van der Waals surface area contributed by atoms with Crippen molar-refractivity contribution >= 4 is 5.91 Å². The number of hydrogen-bond acceptors (Lipinski definition) is 3. The predicted molar refractivity (Wildman–Crippen MR) is 82.5 cm³/mol. The van der Waals surface area contributed by atoms with E-state index in [-0.39, 0.29) is 11.8 Å². The molecule has 0 radical (unpaired) electrons. The van der Waals surface area contributed by atoms with Crippen LogP contribution in [-0.2, 0) is 4.79 Å². The van der Waals surface area contributed by atoms with Gasteiger partial charge in [-0.3, -0.25) is 9.69 Å².